The van der Waals surface area contributed by atoms with E-state index in [1.54, 1.807) is 16.4 Å². The molecule has 0 saturated carbocycles. The topological polar surface area (TPSA) is 56.5 Å². The van der Waals surface area contributed by atoms with Crippen molar-refractivity contribution in [3.63, 3.8) is 0 Å². The first-order valence-corrected chi connectivity index (χ1v) is 8.07. The van der Waals surface area contributed by atoms with Gasteiger partial charge < -0.3 is 0 Å². The molecular formula is C14H14ClN5S. The second-order valence-electron chi connectivity index (χ2n) is 4.55. The van der Waals surface area contributed by atoms with E-state index in [2.05, 4.69) is 27.2 Å². The molecule has 0 amide bonds. The van der Waals surface area contributed by atoms with E-state index >= 15 is 0 Å². The van der Waals surface area contributed by atoms with Crippen LogP contribution in [-0.2, 0) is 6.54 Å². The van der Waals surface area contributed by atoms with Gasteiger partial charge in [-0.2, -0.15) is 0 Å². The molecule has 2 aromatic heterocycles. The lowest BCUT2D eigenvalue weighted by Crippen LogP contribution is -2.03. The molecule has 2 heterocycles. The Kier molecular flexibility index (Phi) is 4.36. The quantitative estimate of drug-likeness (QED) is 0.410. The molecule has 0 aliphatic carbocycles. The van der Waals surface area contributed by atoms with Gasteiger partial charge in [0.1, 0.15) is 0 Å². The van der Waals surface area contributed by atoms with Gasteiger partial charge >= 0.3 is 0 Å². The molecule has 3 aromatic rings. The molecule has 5 nitrogen and oxygen atoms in total. The number of hydrogen-bond acceptors (Lipinski definition) is 5. The number of rotatable bonds is 5. The molecule has 0 spiro atoms. The summed E-state index contributed by atoms with van der Waals surface area (Å²) < 4.78 is 1.76. The van der Waals surface area contributed by atoms with Crippen LogP contribution in [0.4, 0.5) is 0 Å². The Bertz CT molecular complexity index is 744. The Balaban J connectivity index is 1.97. The maximum atomic E-state index is 6.18. The SMILES string of the molecule is CCCSc1nc(Cl)c2nnn(Cc3ccccc3)c2n1. The summed E-state index contributed by atoms with van der Waals surface area (Å²) in [4.78, 5) is 8.80. The van der Waals surface area contributed by atoms with Crippen molar-refractivity contribution in [1.29, 1.82) is 0 Å². The number of thioether (sulfide) groups is 1. The van der Waals surface area contributed by atoms with Crippen LogP contribution in [-0.4, -0.2) is 30.7 Å². The molecule has 0 saturated heterocycles. The summed E-state index contributed by atoms with van der Waals surface area (Å²) in [6.07, 6.45) is 1.06. The molecule has 0 atom stereocenters. The van der Waals surface area contributed by atoms with Gasteiger partial charge in [0.25, 0.3) is 0 Å². The summed E-state index contributed by atoms with van der Waals surface area (Å²) in [5.41, 5.74) is 2.37. The summed E-state index contributed by atoms with van der Waals surface area (Å²) >= 11 is 7.77. The molecule has 0 unspecified atom stereocenters. The highest BCUT2D eigenvalue weighted by atomic mass is 35.5. The van der Waals surface area contributed by atoms with Crippen molar-refractivity contribution in [1.82, 2.24) is 25.0 Å². The Labute approximate surface area is 131 Å². The maximum Gasteiger partial charge on any atom is 0.191 e. The van der Waals surface area contributed by atoms with Crippen molar-refractivity contribution < 1.29 is 0 Å². The minimum atomic E-state index is 0.359. The first-order valence-electron chi connectivity index (χ1n) is 6.71. The smallest absolute Gasteiger partial charge is 0.191 e. The fraction of sp³-hybridized carbons (Fsp3) is 0.286. The van der Waals surface area contributed by atoms with Gasteiger partial charge in [0, 0.05) is 5.75 Å². The van der Waals surface area contributed by atoms with E-state index in [1.807, 2.05) is 30.3 Å². The summed E-state index contributed by atoms with van der Waals surface area (Å²) in [5.74, 6) is 0.960. The third kappa shape index (κ3) is 3.16. The standard InChI is InChI=1S/C14H14ClN5S/c1-2-8-21-14-16-12(15)11-13(17-14)20(19-18-11)9-10-6-4-3-5-7-10/h3-7H,2,8-9H2,1H3. The average molecular weight is 320 g/mol. The van der Waals surface area contributed by atoms with Crippen LogP contribution in [0.25, 0.3) is 11.2 Å². The van der Waals surface area contributed by atoms with Gasteiger partial charge in [0.05, 0.1) is 6.54 Å². The number of halogens is 1. The van der Waals surface area contributed by atoms with Gasteiger partial charge in [-0.25, -0.2) is 14.6 Å². The first-order chi connectivity index (χ1) is 10.3. The van der Waals surface area contributed by atoms with E-state index < -0.39 is 0 Å². The number of nitrogens with zero attached hydrogens (tertiary/aromatic N) is 5. The lowest BCUT2D eigenvalue weighted by atomic mass is 10.2. The van der Waals surface area contributed by atoms with Gasteiger partial charge in [-0.15, -0.1) is 5.10 Å². The zero-order chi connectivity index (χ0) is 14.7. The van der Waals surface area contributed by atoms with Crippen molar-refractivity contribution in [2.24, 2.45) is 0 Å². The van der Waals surface area contributed by atoms with E-state index in [0.29, 0.717) is 28.0 Å². The molecule has 0 N–H and O–H groups in total. The van der Waals surface area contributed by atoms with Crippen LogP contribution in [0, 0.1) is 0 Å². The second-order valence-corrected chi connectivity index (χ2v) is 5.97. The molecule has 0 fully saturated rings. The first kappa shape index (κ1) is 14.3. The van der Waals surface area contributed by atoms with Crippen LogP contribution in [0.2, 0.25) is 5.15 Å². The molecule has 0 aliphatic heterocycles. The van der Waals surface area contributed by atoms with Crippen LogP contribution in [0.3, 0.4) is 0 Å². The number of aromatic nitrogens is 5. The Morgan fingerprint density at radius 1 is 1.19 bits per heavy atom. The number of hydrogen-bond donors (Lipinski definition) is 0. The van der Waals surface area contributed by atoms with Crippen LogP contribution >= 0.6 is 23.4 Å². The summed E-state index contributed by atoms with van der Waals surface area (Å²) in [5, 5.41) is 9.26. The summed E-state index contributed by atoms with van der Waals surface area (Å²) in [7, 11) is 0. The minimum Gasteiger partial charge on any atom is -0.222 e. The largest absolute Gasteiger partial charge is 0.222 e. The van der Waals surface area contributed by atoms with Crippen molar-refractivity contribution in [3.8, 4) is 0 Å². The second kappa shape index (κ2) is 6.41. The third-order valence-electron chi connectivity index (χ3n) is 2.91. The molecule has 0 radical (unpaired) electrons. The highest BCUT2D eigenvalue weighted by Gasteiger charge is 2.13. The predicted octanol–water partition coefficient (Wildman–Crippen LogP) is 3.43. The highest BCUT2D eigenvalue weighted by Crippen LogP contribution is 2.23. The van der Waals surface area contributed by atoms with E-state index in [4.69, 9.17) is 11.6 Å². The van der Waals surface area contributed by atoms with E-state index in [-0.39, 0.29) is 0 Å². The maximum absolute atomic E-state index is 6.18. The summed E-state index contributed by atoms with van der Waals surface area (Å²) in [6.45, 7) is 2.73. The highest BCUT2D eigenvalue weighted by molar-refractivity contribution is 7.99. The molecule has 21 heavy (non-hydrogen) atoms. The molecular weight excluding hydrogens is 306 g/mol. The van der Waals surface area contributed by atoms with Gasteiger partial charge in [-0.05, 0) is 12.0 Å². The zero-order valence-electron chi connectivity index (χ0n) is 11.5. The van der Waals surface area contributed by atoms with Gasteiger partial charge in [0.15, 0.2) is 21.5 Å². The normalized spacial score (nSPS) is 11.1. The third-order valence-corrected chi connectivity index (χ3v) is 4.23. The van der Waals surface area contributed by atoms with Crippen LogP contribution < -0.4 is 0 Å². The fourth-order valence-corrected chi connectivity index (χ4v) is 2.87. The van der Waals surface area contributed by atoms with Crippen molar-refractivity contribution >= 4 is 34.5 Å². The van der Waals surface area contributed by atoms with Crippen LogP contribution in [0.15, 0.2) is 35.5 Å². The number of benzene rings is 1. The zero-order valence-corrected chi connectivity index (χ0v) is 13.1. The van der Waals surface area contributed by atoms with Gasteiger partial charge in [0.2, 0.25) is 0 Å². The molecule has 0 aliphatic rings. The Hall–Kier alpha value is -1.66. The van der Waals surface area contributed by atoms with Gasteiger partial charge in [-0.1, -0.05) is 65.8 Å². The average Bonchev–Trinajstić information content (AvgIpc) is 2.90. The molecule has 108 valence electrons. The van der Waals surface area contributed by atoms with Crippen LogP contribution in [0.1, 0.15) is 18.9 Å². The van der Waals surface area contributed by atoms with Crippen LogP contribution in [0.5, 0.6) is 0 Å². The van der Waals surface area contributed by atoms with Crippen molar-refractivity contribution in [3.05, 3.63) is 41.0 Å². The lowest BCUT2D eigenvalue weighted by molar-refractivity contribution is 0.661. The monoisotopic (exact) mass is 319 g/mol. The van der Waals surface area contributed by atoms with E-state index in [1.165, 1.54) is 0 Å². The van der Waals surface area contributed by atoms with E-state index in [0.717, 1.165) is 17.7 Å². The van der Waals surface area contributed by atoms with Crippen molar-refractivity contribution in [2.45, 2.75) is 25.0 Å². The molecule has 3 rings (SSSR count). The number of fused-ring (bicyclic) bond motifs is 1. The molecule has 7 heteroatoms. The predicted molar refractivity (Wildman–Crippen MR) is 84.7 cm³/mol. The Morgan fingerprint density at radius 3 is 2.76 bits per heavy atom. The lowest BCUT2D eigenvalue weighted by Gasteiger charge is -2.03. The van der Waals surface area contributed by atoms with E-state index in [9.17, 15) is 0 Å². The summed E-state index contributed by atoms with van der Waals surface area (Å²) in [6, 6.07) is 10.1. The molecule has 0 bridgehead atoms. The Morgan fingerprint density at radius 2 is 2.00 bits per heavy atom. The van der Waals surface area contributed by atoms with Crippen molar-refractivity contribution in [2.75, 3.05) is 5.75 Å². The molecule has 1 aromatic carbocycles. The van der Waals surface area contributed by atoms with Gasteiger partial charge in [-0.3, -0.25) is 0 Å². The fourth-order valence-electron chi connectivity index (χ4n) is 1.93. The minimum absolute atomic E-state index is 0.359.